The van der Waals surface area contributed by atoms with Crippen LogP contribution < -0.4 is 10.1 Å². The van der Waals surface area contributed by atoms with Gasteiger partial charge in [-0.25, -0.2) is 15.0 Å². The number of anilines is 1. The molecule has 3 heterocycles. The summed E-state index contributed by atoms with van der Waals surface area (Å²) >= 11 is 0. The normalized spacial score (nSPS) is 23.2. The number of pyridine rings is 1. The molecule has 0 spiro atoms. The number of fused-ring (bicyclic) bond motifs is 1. The second-order valence-corrected chi connectivity index (χ2v) is 9.12. The second kappa shape index (κ2) is 11.2. The standard InChI is InChI=1S/C24H37N5O3/c1-3-4-17(2)27-24-26-16-21-22(28-24)20(18-5-7-19(30)8-6-18)15-25-23(21)32-14-11-29-9-12-31-13-10-29/h15-19,30H,3-14H2,1-2H3,(H,26,27,28). The molecule has 2 aromatic heterocycles. The van der Waals surface area contributed by atoms with Gasteiger partial charge in [0.2, 0.25) is 11.8 Å². The van der Waals surface area contributed by atoms with Gasteiger partial charge >= 0.3 is 0 Å². The van der Waals surface area contributed by atoms with E-state index in [0.717, 1.165) is 87.8 Å². The van der Waals surface area contributed by atoms with E-state index in [1.54, 1.807) is 0 Å². The Kier molecular flexibility index (Phi) is 8.10. The zero-order chi connectivity index (χ0) is 22.3. The first kappa shape index (κ1) is 23.1. The van der Waals surface area contributed by atoms with Crippen LogP contribution in [0.2, 0.25) is 0 Å². The number of morpholine rings is 1. The van der Waals surface area contributed by atoms with E-state index in [9.17, 15) is 5.11 Å². The third kappa shape index (κ3) is 5.85. The number of hydrogen-bond donors (Lipinski definition) is 2. The zero-order valence-electron chi connectivity index (χ0n) is 19.4. The van der Waals surface area contributed by atoms with Crippen LogP contribution in [0.25, 0.3) is 10.9 Å². The molecule has 2 fully saturated rings. The highest BCUT2D eigenvalue weighted by Gasteiger charge is 2.25. The molecule has 0 aromatic carbocycles. The molecule has 2 N–H and O–H groups in total. The fraction of sp³-hybridized carbons (Fsp3) is 0.708. The third-order valence-electron chi connectivity index (χ3n) is 6.60. The van der Waals surface area contributed by atoms with Crippen LogP contribution in [-0.2, 0) is 4.74 Å². The van der Waals surface area contributed by atoms with E-state index in [-0.39, 0.29) is 6.10 Å². The maximum atomic E-state index is 9.95. The maximum absolute atomic E-state index is 9.95. The van der Waals surface area contributed by atoms with Crippen LogP contribution in [0.5, 0.6) is 5.88 Å². The number of rotatable bonds is 9. The molecule has 2 aliphatic rings. The zero-order valence-corrected chi connectivity index (χ0v) is 19.4. The molecule has 176 valence electrons. The van der Waals surface area contributed by atoms with Gasteiger partial charge in [-0.05, 0) is 44.9 Å². The summed E-state index contributed by atoms with van der Waals surface area (Å²) in [5, 5.41) is 14.2. The number of aromatic nitrogens is 3. The van der Waals surface area contributed by atoms with Crippen LogP contribution >= 0.6 is 0 Å². The van der Waals surface area contributed by atoms with Crippen LogP contribution in [0.15, 0.2) is 12.4 Å². The van der Waals surface area contributed by atoms with E-state index >= 15 is 0 Å². The molecular weight excluding hydrogens is 406 g/mol. The summed E-state index contributed by atoms with van der Waals surface area (Å²) in [7, 11) is 0. The summed E-state index contributed by atoms with van der Waals surface area (Å²) in [5.41, 5.74) is 2.06. The molecule has 1 aliphatic heterocycles. The van der Waals surface area contributed by atoms with Crippen molar-refractivity contribution in [1.29, 1.82) is 0 Å². The Hall–Kier alpha value is -2.03. The third-order valence-corrected chi connectivity index (χ3v) is 6.60. The van der Waals surface area contributed by atoms with Crippen LogP contribution in [0.4, 0.5) is 5.95 Å². The fourth-order valence-electron chi connectivity index (χ4n) is 4.71. The largest absolute Gasteiger partial charge is 0.476 e. The molecule has 1 saturated heterocycles. The van der Waals surface area contributed by atoms with Crippen molar-refractivity contribution in [2.24, 2.45) is 0 Å². The van der Waals surface area contributed by atoms with Gasteiger partial charge in [-0.2, -0.15) is 0 Å². The lowest BCUT2D eigenvalue weighted by Gasteiger charge is -2.27. The molecule has 1 aliphatic carbocycles. The maximum Gasteiger partial charge on any atom is 0.224 e. The van der Waals surface area contributed by atoms with Gasteiger partial charge in [-0.15, -0.1) is 0 Å². The van der Waals surface area contributed by atoms with Crippen molar-refractivity contribution >= 4 is 16.9 Å². The van der Waals surface area contributed by atoms with Gasteiger partial charge in [0.1, 0.15) is 6.61 Å². The Morgan fingerprint density at radius 1 is 1.19 bits per heavy atom. The molecule has 2 aromatic rings. The van der Waals surface area contributed by atoms with Crippen molar-refractivity contribution in [1.82, 2.24) is 19.9 Å². The van der Waals surface area contributed by atoms with Gasteiger partial charge in [-0.1, -0.05) is 13.3 Å². The lowest BCUT2D eigenvalue weighted by molar-refractivity contribution is 0.0321. The summed E-state index contributed by atoms with van der Waals surface area (Å²) in [5.74, 6) is 1.61. The summed E-state index contributed by atoms with van der Waals surface area (Å²) in [6, 6.07) is 0.316. The van der Waals surface area contributed by atoms with E-state index < -0.39 is 0 Å². The average molecular weight is 444 g/mol. The molecule has 4 rings (SSSR count). The number of aliphatic hydroxyl groups excluding tert-OH is 1. The Bertz CT molecular complexity index is 866. The molecule has 0 bridgehead atoms. The highest BCUT2D eigenvalue weighted by Crippen LogP contribution is 2.37. The number of nitrogens with zero attached hydrogens (tertiary/aromatic N) is 4. The lowest BCUT2D eigenvalue weighted by atomic mass is 9.83. The minimum atomic E-state index is -0.185. The van der Waals surface area contributed by atoms with E-state index in [0.29, 0.717) is 30.4 Å². The van der Waals surface area contributed by atoms with Gasteiger partial charge in [0.25, 0.3) is 0 Å². The number of ether oxygens (including phenoxy) is 2. The predicted molar refractivity (Wildman–Crippen MR) is 125 cm³/mol. The van der Waals surface area contributed by atoms with Gasteiger partial charge in [-0.3, -0.25) is 4.90 Å². The van der Waals surface area contributed by atoms with Crippen LogP contribution in [0, 0.1) is 0 Å². The SMILES string of the molecule is CCCC(C)Nc1ncc2c(OCCN3CCOCC3)ncc(C3CCC(O)CC3)c2n1. The van der Waals surface area contributed by atoms with Gasteiger partial charge < -0.3 is 19.9 Å². The molecular formula is C24H37N5O3. The van der Waals surface area contributed by atoms with Crippen LogP contribution in [0.1, 0.15) is 63.9 Å². The highest BCUT2D eigenvalue weighted by molar-refractivity contribution is 5.86. The minimum absolute atomic E-state index is 0.185. The van der Waals surface area contributed by atoms with E-state index in [1.165, 1.54) is 0 Å². The number of aliphatic hydroxyl groups is 1. The Morgan fingerprint density at radius 3 is 2.72 bits per heavy atom. The Labute approximate surface area is 190 Å². The average Bonchev–Trinajstić information content (AvgIpc) is 2.80. The summed E-state index contributed by atoms with van der Waals surface area (Å²) in [6.45, 7) is 9.22. The van der Waals surface area contributed by atoms with Gasteiger partial charge in [0, 0.05) is 43.6 Å². The second-order valence-electron chi connectivity index (χ2n) is 9.12. The van der Waals surface area contributed by atoms with Gasteiger partial charge in [0.15, 0.2) is 0 Å². The molecule has 8 heteroatoms. The lowest BCUT2D eigenvalue weighted by Crippen LogP contribution is -2.38. The Balaban J connectivity index is 1.56. The molecule has 32 heavy (non-hydrogen) atoms. The summed E-state index contributed by atoms with van der Waals surface area (Å²) in [6.07, 6.45) is 9.34. The molecule has 8 nitrogen and oxygen atoms in total. The molecule has 1 unspecified atom stereocenters. The molecule has 0 amide bonds. The van der Waals surface area contributed by atoms with E-state index in [4.69, 9.17) is 14.5 Å². The molecule has 0 radical (unpaired) electrons. The van der Waals surface area contributed by atoms with Crippen molar-refractivity contribution in [2.45, 2.75) is 70.4 Å². The highest BCUT2D eigenvalue weighted by atomic mass is 16.5. The first-order chi connectivity index (χ1) is 15.6. The monoisotopic (exact) mass is 443 g/mol. The molecule has 1 atom stereocenters. The fourth-order valence-corrected chi connectivity index (χ4v) is 4.71. The minimum Gasteiger partial charge on any atom is -0.476 e. The van der Waals surface area contributed by atoms with Crippen molar-refractivity contribution in [2.75, 3.05) is 44.8 Å². The Morgan fingerprint density at radius 2 is 1.97 bits per heavy atom. The van der Waals surface area contributed by atoms with Crippen LogP contribution in [-0.4, -0.2) is 76.6 Å². The summed E-state index contributed by atoms with van der Waals surface area (Å²) in [4.78, 5) is 16.5. The number of nitrogens with one attached hydrogen (secondary N) is 1. The van der Waals surface area contributed by atoms with Crippen molar-refractivity contribution in [3.8, 4) is 5.88 Å². The first-order valence-electron chi connectivity index (χ1n) is 12.2. The smallest absolute Gasteiger partial charge is 0.224 e. The van der Waals surface area contributed by atoms with Gasteiger partial charge in [0.05, 0.1) is 30.2 Å². The quantitative estimate of drug-likeness (QED) is 0.610. The number of hydrogen-bond acceptors (Lipinski definition) is 8. The predicted octanol–water partition coefficient (Wildman–Crippen LogP) is 3.35. The van der Waals surface area contributed by atoms with Crippen molar-refractivity contribution < 1.29 is 14.6 Å². The molecule has 1 saturated carbocycles. The van der Waals surface area contributed by atoms with E-state index in [2.05, 4.69) is 34.0 Å². The first-order valence-corrected chi connectivity index (χ1v) is 12.2. The summed E-state index contributed by atoms with van der Waals surface area (Å²) < 4.78 is 11.5. The van der Waals surface area contributed by atoms with E-state index in [1.807, 2.05) is 12.4 Å². The van der Waals surface area contributed by atoms with Crippen LogP contribution in [0.3, 0.4) is 0 Å². The van der Waals surface area contributed by atoms with Crippen molar-refractivity contribution in [3.63, 3.8) is 0 Å². The topological polar surface area (TPSA) is 92.6 Å². The van der Waals surface area contributed by atoms with Crippen molar-refractivity contribution in [3.05, 3.63) is 18.0 Å².